The van der Waals surface area contributed by atoms with Gasteiger partial charge in [-0.3, -0.25) is 14.4 Å². The van der Waals surface area contributed by atoms with Crippen LogP contribution in [0.2, 0.25) is 0 Å². The number of carbonyl (C=O) groups is 3. The lowest BCUT2D eigenvalue weighted by atomic mass is 9.82. The van der Waals surface area contributed by atoms with Gasteiger partial charge in [0.2, 0.25) is 11.8 Å². The fourth-order valence-electron chi connectivity index (χ4n) is 5.71. The summed E-state index contributed by atoms with van der Waals surface area (Å²) in [6, 6.07) is 16.8. The van der Waals surface area contributed by atoms with Crippen molar-refractivity contribution in [1.29, 1.82) is 0 Å². The van der Waals surface area contributed by atoms with Crippen LogP contribution in [0.3, 0.4) is 0 Å². The van der Waals surface area contributed by atoms with E-state index in [1.54, 1.807) is 17.0 Å². The molecular formula is C31H38N4O4. The molecule has 8 heteroatoms. The molecular weight excluding hydrogens is 492 g/mol. The number of hydrogen-bond donors (Lipinski definition) is 0. The molecule has 0 aliphatic carbocycles. The average molecular weight is 531 g/mol. The van der Waals surface area contributed by atoms with E-state index in [0.29, 0.717) is 37.4 Å². The number of para-hydroxylation sites is 1. The van der Waals surface area contributed by atoms with Crippen molar-refractivity contribution in [2.24, 2.45) is 11.8 Å². The molecule has 2 aromatic rings. The average Bonchev–Trinajstić information content (AvgIpc) is 2.97. The molecule has 5 rings (SSSR count). The van der Waals surface area contributed by atoms with E-state index in [0.717, 1.165) is 38.2 Å². The summed E-state index contributed by atoms with van der Waals surface area (Å²) in [5.41, 5.74) is 1.41. The first kappa shape index (κ1) is 26.9. The maximum Gasteiger partial charge on any atom is 0.254 e. The summed E-state index contributed by atoms with van der Waals surface area (Å²) in [5.74, 6) is 0.864. The Bertz CT molecular complexity index is 1190. The van der Waals surface area contributed by atoms with E-state index in [1.807, 2.05) is 58.3 Å². The summed E-state index contributed by atoms with van der Waals surface area (Å²) in [6.45, 7) is 5.12. The van der Waals surface area contributed by atoms with Crippen molar-refractivity contribution in [3.8, 4) is 5.75 Å². The predicted molar refractivity (Wildman–Crippen MR) is 149 cm³/mol. The van der Waals surface area contributed by atoms with Crippen molar-refractivity contribution in [2.75, 3.05) is 59.5 Å². The third kappa shape index (κ3) is 6.68. The Morgan fingerprint density at radius 1 is 0.897 bits per heavy atom. The van der Waals surface area contributed by atoms with Gasteiger partial charge < -0.3 is 24.3 Å². The van der Waals surface area contributed by atoms with Crippen molar-refractivity contribution in [2.45, 2.75) is 19.4 Å². The number of likely N-dealkylation sites (N-methyl/N-ethyl adjacent to an activating group) is 1. The number of fused-ring (bicyclic) bond motifs is 3. The molecule has 0 radical (unpaired) electrons. The van der Waals surface area contributed by atoms with Crippen molar-refractivity contribution in [3.05, 3.63) is 77.9 Å². The largest absolute Gasteiger partial charge is 0.489 e. The minimum atomic E-state index is -0.184. The maximum atomic E-state index is 13.6. The Morgan fingerprint density at radius 2 is 1.64 bits per heavy atom. The lowest BCUT2D eigenvalue weighted by Gasteiger charge is -2.39. The molecule has 3 aliphatic rings. The lowest BCUT2D eigenvalue weighted by molar-refractivity contribution is -0.136. The maximum absolute atomic E-state index is 13.6. The van der Waals surface area contributed by atoms with Crippen LogP contribution in [0.1, 0.15) is 28.8 Å². The first-order valence-corrected chi connectivity index (χ1v) is 13.9. The number of piperazine rings is 1. The fraction of sp³-hybridized carbons (Fsp3) is 0.452. The van der Waals surface area contributed by atoms with Crippen LogP contribution in [0.5, 0.6) is 5.75 Å². The van der Waals surface area contributed by atoms with Crippen molar-refractivity contribution in [1.82, 2.24) is 19.6 Å². The Kier molecular flexibility index (Phi) is 8.61. The van der Waals surface area contributed by atoms with Gasteiger partial charge in [-0.05, 0) is 43.5 Å². The summed E-state index contributed by atoms with van der Waals surface area (Å²) in [5, 5.41) is 0. The van der Waals surface area contributed by atoms with Gasteiger partial charge in [0.05, 0.1) is 6.54 Å². The van der Waals surface area contributed by atoms with Crippen molar-refractivity contribution in [3.63, 3.8) is 0 Å². The van der Waals surface area contributed by atoms with Gasteiger partial charge in [-0.1, -0.05) is 48.6 Å². The zero-order chi connectivity index (χ0) is 27.2. The van der Waals surface area contributed by atoms with E-state index in [-0.39, 0.29) is 42.6 Å². The number of rotatable bonds is 3. The van der Waals surface area contributed by atoms with Crippen LogP contribution < -0.4 is 4.74 Å². The van der Waals surface area contributed by atoms with Crippen LogP contribution in [0.4, 0.5) is 0 Å². The highest BCUT2D eigenvalue weighted by Gasteiger charge is 2.34. The molecule has 3 aliphatic heterocycles. The zero-order valence-electron chi connectivity index (χ0n) is 22.7. The van der Waals surface area contributed by atoms with Crippen LogP contribution in [-0.4, -0.2) is 96.8 Å². The Labute approximate surface area is 230 Å². The molecule has 206 valence electrons. The number of nitrogens with zero attached hydrogens (tertiary/aromatic N) is 4. The second-order valence-corrected chi connectivity index (χ2v) is 10.8. The molecule has 0 N–H and O–H groups in total. The second-order valence-electron chi connectivity index (χ2n) is 10.8. The van der Waals surface area contributed by atoms with Crippen LogP contribution in [-0.2, 0) is 16.1 Å². The first-order valence-electron chi connectivity index (χ1n) is 13.9. The third-order valence-corrected chi connectivity index (χ3v) is 8.14. The smallest absolute Gasteiger partial charge is 0.254 e. The molecule has 2 fully saturated rings. The topological polar surface area (TPSA) is 73.4 Å². The molecule has 0 spiro atoms. The summed E-state index contributed by atoms with van der Waals surface area (Å²) in [4.78, 5) is 48.0. The van der Waals surface area contributed by atoms with E-state index < -0.39 is 0 Å². The number of ether oxygens (including phenoxy) is 1. The third-order valence-electron chi connectivity index (χ3n) is 8.14. The van der Waals surface area contributed by atoms with E-state index in [9.17, 15) is 14.4 Å². The highest BCUT2D eigenvalue weighted by Crippen LogP contribution is 2.30. The highest BCUT2D eigenvalue weighted by molar-refractivity contribution is 5.96. The Morgan fingerprint density at radius 3 is 2.44 bits per heavy atom. The molecule has 3 heterocycles. The minimum Gasteiger partial charge on any atom is -0.489 e. The quantitative estimate of drug-likeness (QED) is 0.571. The molecule has 2 bridgehead atoms. The van der Waals surface area contributed by atoms with E-state index in [4.69, 9.17) is 4.74 Å². The van der Waals surface area contributed by atoms with Gasteiger partial charge in [0.25, 0.3) is 5.91 Å². The van der Waals surface area contributed by atoms with Gasteiger partial charge in [0.15, 0.2) is 0 Å². The first-order chi connectivity index (χ1) is 19.0. The molecule has 3 amide bonds. The lowest BCUT2D eigenvalue weighted by Crippen LogP contribution is -2.50. The predicted octanol–water partition coefficient (Wildman–Crippen LogP) is 2.91. The van der Waals surface area contributed by atoms with Crippen molar-refractivity contribution < 1.29 is 19.1 Å². The molecule has 8 nitrogen and oxygen atoms in total. The van der Waals surface area contributed by atoms with Crippen molar-refractivity contribution >= 4 is 17.7 Å². The number of carbonyl (C=O) groups excluding carboxylic acids is 3. The second kappa shape index (κ2) is 12.5. The van der Waals surface area contributed by atoms with Gasteiger partial charge in [-0.25, -0.2) is 0 Å². The molecule has 2 aromatic carbocycles. The SMILES string of the molecule is CN1CCN(C(=O)C[C@@H]2CCN3C[C@@H]2C=CCOc2ccccc2CN(C(=O)c2ccccc2)CC3=O)CC1. The fourth-order valence-corrected chi connectivity index (χ4v) is 5.71. The summed E-state index contributed by atoms with van der Waals surface area (Å²) in [7, 11) is 2.08. The number of piperidine rings is 1. The van der Waals surface area contributed by atoms with Gasteiger partial charge in [-0.15, -0.1) is 0 Å². The monoisotopic (exact) mass is 530 g/mol. The normalized spacial score (nSPS) is 22.7. The Balaban J connectivity index is 1.36. The molecule has 39 heavy (non-hydrogen) atoms. The summed E-state index contributed by atoms with van der Waals surface area (Å²) < 4.78 is 6.12. The van der Waals surface area contributed by atoms with Gasteiger partial charge >= 0.3 is 0 Å². The summed E-state index contributed by atoms with van der Waals surface area (Å²) in [6.07, 6.45) is 5.37. The van der Waals surface area contributed by atoms with Crippen LogP contribution >= 0.6 is 0 Å². The van der Waals surface area contributed by atoms with E-state index in [2.05, 4.69) is 18.0 Å². The number of hydrogen-bond acceptors (Lipinski definition) is 5. The van der Waals surface area contributed by atoms with E-state index in [1.165, 1.54) is 0 Å². The Hall–Kier alpha value is -3.65. The van der Waals surface area contributed by atoms with Gasteiger partial charge in [0.1, 0.15) is 18.9 Å². The molecule has 0 unspecified atom stereocenters. The number of benzene rings is 2. The minimum absolute atomic E-state index is 0.0105. The summed E-state index contributed by atoms with van der Waals surface area (Å²) >= 11 is 0. The molecule has 2 atom stereocenters. The van der Waals surface area contributed by atoms with E-state index >= 15 is 0 Å². The van der Waals surface area contributed by atoms with Gasteiger partial charge in [0, 0.05) is 56.8 Å². The zero-order valence-corrected chi connectivity index (χ0v) is 22.7. The van der Waals surface area contributed by atoms with Gasteiger partial charge in [-0.2, -0.15) is 0 Å². The highest BCUT2D eigenvalue weighted by atomic mass is 16.5. The van der Waals surface area contributed by atoms with Crippen LogP contribution in [0.25, 0.3) is 0 Å². The number of amides is 3. The standard InChI is InChI=1S/C31H38N4O4/c1-32-15-17-33(18-16-32)29(36)20-25-13-14-34-21-26(25)11-7-19-39-28-12-6-5-10-27(28)22-35(23-30(34)37)31(38)24-8-3-2-4-9-24/h2-12,25-26H,13-23H2,1H3/t25-,26-/m0/s1. The van der Waals surface area contributed by atoms with Crippen LogP contribution in [0, 0.1) is 11.8 Å². The molecule has 0 aromatic heterocycles. The molecule has 0 saturated carbocycles. The molecule has 2 saturated heterocycles. The van der Waals surface area contributed by atoms with Crippen LogP contribution in [0.15, 0.2) is 66.7 Å².